The molecule has 2 N–H and O–H groups in total. The van der Waals surface area contributed by atoms with Gasteiger partial charge in [-0.1, -0.05) is 25.6 Å². The van der Waals surface area contributed by atoms with Gasteiger partial charge in [-0.2, -0.15) is 10.5 Å². The highest BCUT2D eigenvalue weighted by molar-refractivity contribution is 7.12. The van der Waals surface area contributed by atoms with Crippen LogP contribution >= 0.6 is 11.3 Å². The lowest BCUT2D eigenvalue weighted by Gasteiger charge is -2.21. The maximum atomic E-state index is 9.33. The summed E-state index contributed by atoms with van der Waals surface area (Å²) in [7, 11) is 0. The van der Waals surface area contributed by atoms with Gasteiger partial charge in [-0.3, -0.25) is 9.89 Å². The van der Waals surface area contributed by atoms with Crippen LogP contribution in [0.2, 0.25) is 0 Å². The fourth-order valence-corrected chi connectivity index (χ4v) is 5.39. The third-order valence-corrected chi connectivity index (χ3v) is 7.30. The fourth-order valence-electron chi connectivity index (χ4n) is 4.45. The Morgan fingerprint density at radius 2 is 2.03 bits per heavy atom. The third kappa shape index (κ3) is 4.90. The molecule has 2 unspecified atom stereocenters. The molecule has 0 spiro atoms. The number of thiazole rings is 1. The summed E-state index contributed by atoms with van der Waals surface area (Å²) in [6, 6.07) is 8.64. The van der Waals surface area contributed by atoms with E-state index in [1.54, 1.807) is 23.6 Å². The van der Waals surface area contributed by atoms with Crippen LogP contribution in [0.1, 0.15) is 46.3 Å². The third-order valence-electron chi connectivity index (χ3n) is 6.29. The number of anilines is 1. The molecular formula is C26H28N6S. The highest BCUT2D eigenvalue weighted by Crippen LogP contribution is 2.36. The SMILES string of the molecule is C=C1CCc2c1ccc(CCN(CCC)Cc1cnc(C3=CC(C#N)C(C#N)C=N3)s1)c2N. The van der Waals surface area contributed by atoms with Crippen molar-refractivity contribution in [3.63, 3.8) is 0 Å². The number of aromatic nitrogens is 1. The van der Waals surface area contributed by atoms with E-state index in [4.69, 9.17) is 11.0 Å². The van der Waals surface area contributed by atoms with Gasteiger partial charge < -0.3 is 5.73 Å². The van der Waals surface area contributed by atoms with Gasteiger partial charge in [0, 0.05) is 36.1 Å². The van der Waals surface area contributed by atoms with Gasteiger partial charge in [-0.15, -0.1) is 11.3 Å². The Morgan fingerprint density at radius 1 is 1.21 bits per heavy atom. The quantitative estimate of drug-likeness (QED) is 0.572. The molecule has 1 aromatic carbocycles. The first-order valence-corrected chi connectivity index (χ1v) is 12.2. The molecule has 0 bridgehead atoms. The van der Waals surface area contributed by atoms with Crippen molar-refractivity contribution >= 4 is 34.5 Å². The van der Waals surface area contributed by atoms with Gasteiger partial charge in [0.05, 0.1) is 23.8 Å². The molecule has 0 saturated heterocycles. The van der Waals surface area contributed by atoms with Crippen molar-refractivity contribution < 1.29 is 0 Å². The summed E-state index contributed by atoms with van der Waals surface area (Å²) in [6.07, 6.45) is 9.19. The molecule has 1 aromatic heterocycles. The van der Waals surface area contributed by atoms with Gasteiger partial charge >= 0.3 is 0 Å². The van der Waals surface area contributed by atoms with Gasteiger partial charge in [0.25, 0.3) is 0 Å². The van der Waals surface area contributed by atoms with E-state index in [9.17, 15) is 5.26 Å². The molecule has 0 fully saturated rings. The number of nitrogen functional groups attached to an aromatic ring is 1. The van der Waals surface area contributed by atoms with E-state index in [1.165, 1.54) is 22.3 Å². The Bertz CT molecular complexity index is 1190. The Morgan fingerprint density at radius 3 is 2.79 bits per heavy atom. The Kier molecular flexibility index (Phi) is 7.03. The zero-order chi connectivity index (χ0) is 23.4. The average molecular weight is 457 g/mol. The predicted octanol–water partition coefficient (Wildman–Crippen LogP) is 4.84. The summed E-state index contributed by atoms with van der Waals surface area (Å²) in [5.74, 6) is -0.982. The molecule has 0 radical (unpaired) electrons. The van der Waals surface area contributed by atoms with Crippen LogP contribution in [0, 0.1) is 34.5 Å². The topological polar surface area (TPSA) is 102 Å². The zero-order valence-electron chi connectivity index (χ0n) is 18.9. The molecule has 0 saturated carbocycles. The number of nitrogens with zero attached hydrogens (tertiary/aromatic N) is 5. The molecule has 6 nitrogen and oxygen atoms in total. The van der Waals surface area contributed by atoms with Crippen molar-refractivity contribution in [3.05, 3.63) is 57.6 Å². The number of benzene rings is 1. The molecule has 2 heterocycles. The number of nitriles is 2. The molecule has 168 valence electrons. The van der Waals surface area contributed by atoms with Crippen molar-refractivity contribution in [2.45, 2.75) is 39.2 Å². The van der Waals surface area contributed by atoms with Crippen LogP contribution in [-0.2, 0) is 19.4 Å². The van der Waals surface area contributed by atoms with E-state index < -0.39 is 11.8 Å². The van der Waals surface area contributed by atoms with Gasteiger partial charge in [0.15, 0.2) is 0 Å². The number of nitrogens with two attached hydrogens (primary N) is 1. The minimum absolute atomic E-state index is 0.485. The summed E-state index contributed by atoms with van der Waals surface area (Å²) in [5.41, 5.74) is 13.0. The first-order chi connectivity index (χ1) is 16.0. The number of hydrogen-bond acceptors (Lipinski definition) is 7. The zero-order valence-corrected chi connectivity index (χ0v) is 19.7. The average Bonchev–Trinajstić information content (AvgIpc) is 3.45. The Labute approximate surface area is 199 Å². The van der Waals surface area contributed by atoms with E-state index in [0.29, 0.717) is 5.70 Å². The van der Waals surface area contributed by atoms with E-state index in [0.717, 1.165) is 60.9 Å². The van der Waals surface area contributed by atoms with Crippen molar-refractivity contribution in [1.82, 2.24) is 9.88 Å². The van der Waals surface area contributed by atoms with Crippen molar-refractivity contribution in [2.75, 3.05) is 18.8 Å². The van der Waals surface area contributed by atoms with E-state index in [1.807, 2.05) is 6.20 Å². The second-order valence-electron chi connectivity index (χ2n) is 8.57. The summed E-state index contributed by atoms with van der Waals surface area (Å²) in [4.78, 5) is 12.5. The largest absolute Gasteiger partial charge is 0.398 e. The molecule has 1 aliphatic carbocycles. The van der Waals surface area contributed by atoms with Crippen LogP contribution in [-0.4, -0.2) is 29.2 Å². The second-order valence-corrected chi connectivity index (χ2v) is 9.68. The first-order valence-electron chi connectivity index (χ1n) is 11.3. The number of aliphatic imine (C=N–C) groups is 1. The Balaban J connectivity index is 1.43. The molecule has 2 aliphatic rings. The van der Waals surface area contributed by atoms with Gasteiger partial charge in [0.1, 0.15) is 10.9 Å². The van der Waals surface area contributed by atoms with Crippen LogP contribution in [0.4, 0.5) is 5.69 Å². The molecule has 7 heteroatoms. The molecule has 2 aromatic rings. The molecule has 2 atom stereocenters. The van der Waals surface area contributed by atoms with Gasteiger partial charge in [0.2, 0.25) is 0 Å². The number of allylic oxidation sites excluding steroid dienone is 2. The molecule has 4 rings (SSSR count). The van der Waals surface area contributed by atoms with Crippen molar-refractivity contribution in [1.29, 1.82) is 10.5 Å². The number of hydrogen-bond donors (Lipinski definition) is 1. The van der Waals surface area contributed by atoms with E-state index in [-0.39, 0.29) is 0 Å². The monoisotopic (exact) mass is 456 g/mol. The lowest BCUT2D eigenvalue weighted by atomic mass is 9.93. The van der Waals surface area contributed by atoms with Crippen LogP contribution in [0.15, 0.2) is 36.0 Å². The standard InChI is InChI=1S/C26H28N6S/c1-3-9-32(10-8-18-5-7-22-17(2)4-6-23(22)25(18)29)16-21-15-31-26(33-21)24-11-19(12-27)20(13-28)14-30-24/h5,7,11,14-15,19-20H,2-4,6,8-10,16,29H2,1H3. The van der Waals surface area contributed by atoms with Crippen molar-refractivity contribution in [3.8, 4) is 12.1 Å². The van der Waals surface area contributed by atoms with E-state index in [2.05, 4.69) is 52.7 Å². The van der Waals surface area contributed by atoms with Crippen LogP contribution in [0.25, 0.3) is 11.3 Å². The van der Waals surface area contributed by atoms with E-state index >= 15 is 0 Å². The highest BCUT2D eigenvalue weighted by Gasteiger charge is 2.23. The minimum Gasteiger partial charge on any atom is -0.398 e. The van der Waals surface area contributed by atoms with Crippen molar-refractivity contribution in [2.24, 2.45) is 16.8 Å². The summed E-state index contributed by atoms with van der Waals surface area (Å²) in [6.45, 7) is 9.07. The van der Waals surface area contributed by atoms with Crippen LogP contribution in [0.3, 0.4) is 0 Å². The van der Waals surface area contributed by atoms with Gasteiger partial charge in [-0.05, 0) is 60.6 Å². The molecule has 33 heavy (non-hydrogen) atoms. The molecule has 1 aliphatic heterocycles. The Hall–Kier alpha value is -3.26. The summed E-state index contributed by atoms with van der Waals surface area (Å²) in [5, 5.41) is 19.3. The lowest BCUT2D eigenvalue weighted by Crippen LogP contribution is -2.26. The molecular weight excluding hydrogens is 428 g/mol. The summed E-state index contributed by atoms with van der Waals surface area (Å²) < 4.78 is 0. The highest BCUT2D eigenvalue weighted by atomic mass is 32.1. The smallest absolute Gasteiger partial charge is 0.141 e. The second kappa shape index (κ2) is 10.1. The van der Waals surface area contributed by atoms with Gasteiger partial charge in [-0.25, -0.2) is 4.98 Å². The molecule has 0 amide bonds. The number of fused-ring (bicyclic) bond motifs is 1. The predicted molar refractivity (Wildman–Crippen MR) is 134 cm³/mol. The maximum Gasteiger partial charge on any atom is 0.141 e. The maximum absolute atomic E-state index is 9.33. The van der Waals surface area contributed by atoms with Crippen LogP contribution < -0.4 is 5.73 Å². The first kappa shape index (κ1) is 22.9. The van der Waals surface area contributed by atoms with Crippen LogP contribution in [0.5, 0.6) is 0 Å². The normalized spacial score (nSPS) is 19.3. The lowest BCUT2D eigenvalue weighted by molar-refractivity contribution is 0.271. The fraction of sp³-hybridized carbons (Fsp3) is 0.385. The minimum atomic E-state index is -0.497. The number of rotatable bonds is 8. The summed E-state index contributed by atoms with van der Waals surface area (Å²) >= 11 is 1.59.